The van der Waals surface area contributed by atoms with E-state index in [4.69, 9.17) is 25.5 Å². The Kier molecular flexibility index (Phi) is 8.82. The highest BCUT2D eigenvalue weighted by atomic mass is 35.5. The van der Waals surface area contributed by atoms with Crippen molar-refractivity contribution in [2.75, 3.05) is 24.6 Å². The average Bonchev–Trinajstić information content (AvgIpc) is 3.39. The van der Waals surface area contributed by atoms with Crippen molar-refractivity contribution in [1.82, 2.24) is 14.9 Å². The molecule has 10 nitrogen and oxygen atoms in total. The first-order valence-electron chi connectivity index (χ1n) is 16.5. The SMILES string of the molecule is Cc1nnc(CO[C@H]2/C=C\CC[C@@H](C)S(=O)(=O)NC(=O)c3ccc4c(c3)N(C[C@@H]3CC[C@H]32)C[C@@]2(CCCc3cc(Cl)ccc32)CO4)o1. The minimum absolute atomic E-state index is 0.197. The zero-order valence-electron chi connectivity index (χ0n) is 26.8. The first-order valence-corrected chi connectivity index (χ1v) is 18.5. The molecule has 4 aliphatic rings. The molecule has 1 spiro atoms. The van der Waals surface area contributed by atoms with Gasteiger partial charge < -0.3 is 18.8 Å². The number of ether oxygens (including phenoxy) is 2. The van der Waals surface area contributed by atoms with Gasteiger partial charge in [0, 0.05) is 36.0 Å². The van der Waals surface area contributed by atoms with E-state index in [1.807, 2.05) is 12.1 Å². The molecule has 12 heteroatoms. The number of aryl methyl sites for hydroxylation is 2. The topological polar surface area (TPSA) is 124 Å². The summed E-state index contributed by atoms with van der Waals surface area (Å²) in [7, 11) is -3.90. The normalized spacial score (nSPS) is 29.4. The maximum absolute atomic E-state index is 13.4. The predicted octanol–water partition coefficient (Wildman–Crippen LogP) is 5.91. The van der Waals surface area contributed by atoms with E-state index in [2.05, 4.69) is 38.0 Å². The van der Waals surface area contributed by atoms with Crippen LogP contribution in [0.15, 0.2) is 53.0 Å². The zero-order valence-corrected chi connectivity index (χ0v) is 28.4. The van der Waals surface area contributed by atoms with Gasteiger partial charge in [0.15, 0.2) is 0 Å². The van der Waals surface area contributed by atoms with Gasteiger partial charge in [0.1, 0.15) is 12.4 Å². The van der Waals surface area contributed by atoms with Gasteiger partial charge in [0.05, 0.1) is 23.6 Å². The van der Waals surface area contributed by atoms with Crippen molar-refractivity contribution >= 4 is 33.2 Å². The monoisotopic (exact) mass is 680 g/mol. The van der Waals surface area contributed by atoms with Crippen LogP contribution in [-0.4, -0.2) is 55.6 Å². The number of hydrogen-bond donors (Lipinski definition) is 1. The molecule has 0 saturated heterocycles. The Balaban J connectivity index is 1.26. The number of fused-ring (bicyclic) bond motifs is 4. The predicted molar refractivity (Wildman–Crippen MR) is 178 cm³/mol. The van der Waals surface area contributed by atoms with Gasteiger partial charge in [-0.25, -0.2) is 13.1 Å². The Labute approximate surface area is 280 Å². The molecule has 2 aliphatic heterocycles. The number of nitrogens with zero attached hydrogens (tertiary/aromatic N) is 3. The number of rotatable bonds is 3. The van der Waals surface area contributed by atoms with E-state index >= 15 is 0 Å². The second kappa shape index (κ2) is 12.9. The number of sulfonamides is 1. The summed E-state index contributed by atoms with van der Waals surface area (Å²) in [4.78, 5) is 15.7. The van der Waals surface area contributed by atoms with Gasteiger partial charge in [-0.05, 0) is 105 Å². The fraction of sp³-hybridized carbons (Fsp3) is 0.514. The quantitative estimate of drug-likeness (QED) is 0.336. The molecule has 2 aliphatic carbocycles. The third-order valence-corrected chi connectivity index (χ3v) is 12.5. The Morgan fingerprint density at radius 3 is 2.81 bits per heavy atom. The van der Waals surface area contributed by atoms with Crippen molar-refractivity contribution in [2.24, 2.45) is 11.8 Å². The maximum Gasteiger partial charge on any atom is 0.264 e. The van der Waals surface area contributed by atoms with Gasteiger partial charge in [-0.1, -0.05) is 29.8 Å². The van der Waals surface area contributed by atoms with Crippen LogP contribution in [0.5, 0.6) is 5.75 Å². The van der Waals surface area contributed by atoms with Crippen LogP contribution in [0.3, 0.4) is 0 Å². The highest BCUT2D eigenvalue weighted by Crippen LogP contribution is 2.47. The van der Waals surface area contributed by atoms with Crippen LogP contribution in [0.1, 0.15) is 78.7 Å². The fourth-order valence-electron chi connectivity index (χ4n) is 7.68. The van der Waals surface area contributed by atoms with Gasteiger partial charge in [0.2, 0.25) is 21.8 Å². The van der Waals surface area contributed by atoms with Crippen LogP contribution < -0.4 is 14.4 Å². The molecule has 250 valence electrons. The molecule has 1 N–H and O–H groups in total. The molecule has 0 unspecified atom stereocenters. The second-order valence-corrected chi connectivity index (χ2v) is 16.1. The Morgan fingerprint density at radius 1 is 1.15 bits per heavy atom. The molecule has 1 amide bonds. The average molecular weight is 681 g/mol. The zero-order chi connectivity index (χ0) is 32.8. The highest BCUT2D eigenvalue weighted by Gasteiger charge is 2.44. The summed E-state index contributed by atoms with van der Waals surface area (Å²) in [5.74, 6) is 1.52. The summed E-state index contributed by atoms with van der Waals surface area (Å²) in [6, 6.07) is 11.4. The summed E-state index contributed by atoms with van der Waals surface area (Å²) in [5.41, 5.74) is 3.32. The Bertz CT molecular complexity index is 1790. The minimum Gasteiger partial charge on any atom is -0.490 e. The molecule has 5 atom stereocenters. The van der Waals surface area contributed by atoms with Crippen molar-refractivity contribution in [2.45, 2.75) is 82.2 Å². The number of carbonyl (C=O) groups is 1. The van der Waals surface area contributed by atoms with E-state index < -0.39 is 21.2 Å². The number of halogens is 1. The fourth-order valence-corrected chi connectivity index (χ4v) is 8.90. The lowest BCUT2D eigenvalue weighted by Crippen LogP contribution is -2.49. The van der Waals surface area contributed by atoms with Crippen LogP contribution in [0.2, 0.25) is 5.02 Å². The maximum atomic E-state index is 13.4. The van der Waals surface area contributed by atoms with E-state index in [1.54, 1.807) is 32.0 Å². The van der Waals surface area contributed by atoms with Crippen molar-refractivity contribution in [3.8, 4) is 5.75 Å². The van der Waals surface area contributed by atoms with Gasteiger partial charge in [0.25, 0.3) is 5.91 Å². The molecule has 7 rings (SSSR count). The lowest BCUT2D eigenvalue weighted by atomic mass is 9.68. The lowest BCUT2D eigenvalue weighted by molar-refractivity contribution is -0.0295. The standard InChI is InChI=1S/C35H41ClN4O6S/c1-22-6-3-4-8-31(44-19-33-38-37-23(2)46-33)28-12-9-26(28)18-40-20-35(15-5-7-24-16-27(36)11-13-29(24)35)21-45-32-14-10-25(17-30(32)40)34(41)39-47(22,42)43/h4,8,10-11,13-14,16-17,22,26,28,31H,3,5-7,9,12,15,18-21H2,1-2H3,(H,39,41)/b8-4-/t22-,26+,28-,31+,35+/m1/s1. The minimum atomic E-state index is -3.90. The van der Waals surface area contributed by atoms with Crippen molar-refractivity contribution in [1.29, 1.82) is 0 Å². The molecule has 2 bridgehead atoms. The summed E-state index contributed by atoms with van der Waals surface area (Å²) in [5, 5.41) is 8.02. The highest BCUT2D eigenvalue weighted by molar-refractivity contribution is 7.90. The summed E-state index contributed by atoms with van der Waals surface area (Å²) >= 11 is 6.43. The number of hydrogen-bond acceptors (Lipinski definition) is 9. The van der Waals surface area contributed by atoms with E-state index in [-0.39, 0.29) is 29.6 Å². The lowest BCUT2D eigenvalue weighted by Gasteiger charge is -2.46. The molecule has 2 aromatic carbocycles. The third kappa shape index (κ3) is 6.54. The van der Waals surface area contributed by atoms with Crippen LogP contribution in [0, 0.1) is 18.8 Å². The smallest absolute Gasteiger partial charge is 0.264 e. The summed E-state index contributed by atoms with van der Waals surface area (Å²) in [6.45, 7) is 5.50. The molecular formula is C35H41ClN4O6S. The number of carbonyl (C=O) groups excluding carboxylic acids is 1. The van der Waals surface area contributed by atoms with Gasteiger partial charge in [-0.2, -0.15) is 0 Å². The molecule has 1 aromatic heterocycles. The van der Waals surface area contributed by atoms with E-state index in [9.17, 15) is 13.2 Å². The van der Waals surface area contributed by atoms with Crippen LogP contribution in [0.25, 0.3) is 0 Å². The van der Waals surface area contributed by atoms with E-state index in [0.29, 0.717) is 49.4 Å². The van der Waals surface area contributed by atoms with E-state index in [1.165, 1.54) is 11.1 Å². The third-order valence-electron chi connectivity index (χ3n) is 10.4. The number of aromatic nitrogens is 2. The first-order chi connectivity index (χ1) is 22.6. The molecule has 1 saturated carbocycles. The van der Waals surface area contributed by atoms with E-state index in [0.717, 1.165) is 49.4 Å². The van der Waals surface area contributed by atoms with Crippen molar-refractivity contribution in [3.63, 3.8) is 0 Å². The molecule has 47 heavy (non-hydrogen) atoms. The molecular weight excluding hydrogens is 640 g/mol. The van der Waals surface area contributed by atoms with Crippen LogP contribution in [-0.2, 0) is 33.2 Å². The summed E-state index contributed by atoms with van der Waals surface area (Å²) in [6.07, 6.45) is 9.73. The van der Waals surface area contributed by atoms with Crippen LogP contribution in [0.4, 0.5) is 5.69 Å². The first kappa shape index (κ1) is 32.2. The number of nitrogens with one attached hydrogen (secondary N) is 1. The molecule has 0 radical (unpaired) electrons. The number of amides is 1. The molecule has 3 aromatic rings. The van der Waals surface area contributed by atoms with Crippen molar-refractivity contribution < 1.29 is 27.1 Å². The van der Waals surface area contributed by atoms with Crippen LogP contribution >= 0.6 is 11.6 Å². The van der Waals surface area contributed by atoms with Crippen molar-refractivity contribution in [3.05, 3.63) is 82.0 Å². The second-order valence-electron chi connectivity index (χ2n) is 13.6. The number of allylic oxidation sites excluding steroid dienone is 1. The van der Waals surface area contributed by atoms with Gasteiger partial charge >= 0.3 is 0 Å². The van der Waals surface area contributed by atoms with Gasteiger partial charge in [-0.3, -0.25) is 4.79 Å². The summed E-state index contributed by atoms with van der Waals surface area (Å²) < 4.78 is 47.3. The number of anilines is 1. The Morgan fingerprint density at radius 2 is 2.02 bits per heavy atom. The Hall–Kier alpha value is -3.41. The van der Waals surface area contributed by atoms with Gasteiger partial charge in [-0.15, -0.1) is 10.2 Å². The molecule has 3 heterocycles. The number of benzene rings is 2. The largest absolute Gasteiger partial charge is 0.490 e. The molecule has 1 fully saturated rings.